The van der Waals surface area contributed by atoms with E-state index in [1.807, 2.05) is 4.90 Å². The van der Waals surface area contributed by atoms with E-state index >= 15 is 0 Å². The van der Waals surface area contributed by atoms with Crippen LogP contribution in [0.25, 0.3) is 0 Å². The largest absolute Gasteiger partial charge is 0.454 e. The zero-order chi connectivity index (χ0) is 22.1. The molecule has 0 saturated carbocycles. The molecule has 3 heterocycles. The molecule has 5 rings (SSSR count). The van der Waals surface area contributed by atoms with Crippen LogP contribution in [0.1, 0.15) is 41.2 Å². The standard InChI is InChI=1S/C23H25FN4O4/c24-16-4-1-14(2-5-16)18-12-19(27-26-18)23(30)28-9-7-17(8-10-28)25-22(29)15-3-6-20-21(11-15)32-13-31-20/h1-6,11,17-19,26-27H,7-10,12-13H2,(H,25,29). The van der Waals surface area contributed by atoms with Crippen molar-refractivity contribution in [3.05, 3.63) is 59.4 Å². The first-order valence-electron chi connectivity index (χ1n) is 10.8. The SMILES string of the molecule is O=C(NC1CCN(C(=O)C2CC(c3ccc(F)cc3)NN2)CC1)c1ccc2c(c1)OCO2. The van der Waals surface area contributed by atoms with Crippen molar-refractivity contribution in [2.45, 2.75) is 37.4 Å². The molecule has 0 aliphatic carbocycles. The number of nitrogens with one attached hydrogen (secondary N) is 3. The quantitative estimate of drug-likeness (QED) is 0.673. The minimum Gasteiger partial charge on any atom is -0.454 e. The van der Waals surface area contributed by atoms with Crippen LogP contribution in [0.4, 0.5) is 4.39 Å². The van der Waals surface area contributed by atoms with Crippen LogP contribution in [0.5, 0.6) is 11.5 Å². The summed E-state index contributed by atoms with van der Waals surface area (Å²) >= 11 is 0. The molecular formula is C23H25FN4O4. The monoisotopic (exact) mass is 440 g/mol. The highest BCUT2D eigenvalue weighted by Crippen LogP contribution is 2.32. The van der Waals surface area contributed by atoms with Gasteiger partial charge in [0.05, 0.1) is 0 Å². The van der Waals surface area contributed by atoms with Crippen LogP contribution in [0.15, 0.2) is 42.5 Å². The van der Waals surface area contributed by atoms with Crippen LogP contribution in [-0.4, -0.2) is 48.7 Å². The highest BCUT2D eigenvalue weighted by Gasteiger charge is 2.34. The summed E-state index contributed by atoms with van der Waals surface area (Å²) in [6.45, 7) is 1.34. The van der Waals surface area contributed by atoms with Crippen molar-refractivity contribution in [1.29, 1.82) is 0 Å². The molecule has 2 saturated heterocycles. The summed E-state index contributed by atoms with van der Waals surface area (Å²) in [5.41, 5.74) is 7.68. The van der Waals surface area contributed by atoms with Crippen LogP contribution >= 0.6 is 0 Å². The summed E-state index contributed by atoms with van der Waals surface area (Å²) in [4.78, 5) is 27.4. The van der Waals surface area contributed by atoms with Gasteiger partial charge in [-0.05, 0) is 55.2 Å². The number of piperidine rings is 1. The Morgan fingerprint density at radius 2 is 1.75 bits per heavy atom. The number of carbonyl (C=O) groups excluding carboxylic acids is 2. The normalized spacial score (nSPS) is 22.7. The Balaban J connectivity index is 1.11. The fraction of sp³-hybridized carbons (Fsp3) is 0.391. The first-order chi connectivity index (χ1) is 15.6. The maximum atomic E-state index is 13.1. The lowest BCUT2D eigenvalue weighted by atomic mass is 9.99. The molecule has 0 bridgehead atoms. The number of nitrogens with zero attached hydrogens (tertiary/aromatic N) is 1. The van der Waals surface area contributed by atoms with Crippen LogP contribution in [0.2, 0.25) is 0 Å². The predicted octanol–water partition coefficient (Wildman–Crippen LogP) is 1.88. The zero-order valence-electron chi connectivity index (χ0n) is 17.5. The lowest BCUT2D eigenvalue weighted by molar-refractivity contribution is -0.134. The summed E-state index contributed by atoms with van der Waals surface area (Å²) in [6.07, 6.45) is 2.00. The number of rotatable bonds is 4. The molecular weight excluding hydrogens is 415 g/mol. The summed E-state index contributed by atoms with van der Waals surface area (Å²) in [5, 5.41) is 3.06. The van der Waals surface area contributed by atoms with Gasteiger partial charge in [0.2, 0.25) is 12.7 Å². The van der Waals surface area contributed by atoms with E-state index < -0.39 is 0 Å². The van der Waals surface area contributed by atoms with E-state index in [1.165, 1.54) is 12.1 Å². The molecule has 2 fully saturated rings. The number of hydrogen-bond acceptors (Lipinski definition) is 6. The molecule has 2 unspecified atom stereocenters. The number of fused-ring (bicyclic) bond motifs is 1. The van der Waals surface area contributed by atoms with Gasteiger partial charge in [-0.3, -0.25) is 9.59 Å². The van der Waals surface area contributed by atoms with Crippen LogP contribution in [-0.2, 0) is 4.79 Å². The third kappa shape index (κ3) is 4.26. The van der Waals surface area contributed by atoms with Crippen LogP contribution < -0.4 is 25.6 Å². The number of ether oxygens (including phenoxy) is 2. The average molecular weight is 440 g/mol. The van der Waals surface area contributed by atoms with Crippen LogP contribution in [0, 0.1) is 5.82 Å². The fourth-order valence-electron chi connectivity index (χ4n) is 4.40. The molecule has 2 atom stereocenters. The number of carbonyl (C=O) groups is 2. The van der Waals surface area contributed by atoms with E-state index in [9.17, 15) is 14.0 Å². The molecule has 8 nitrogen and oxygen atoms in total. The molecule has 2 aromatic carbocycles. The van der Waals surface area contributed by atoms with Crippen molar-refractivity contribution in [3.8, 4) is 11.5 Å². The van der Waals surface area contributed by atoms with Gasteiger partial charge >= 0.3 is 0 Å². The zero-order valence-corrected chi connectivity index (χ0v) is 17.5. The van der Waals surface area contributed by atoms with Gasteiger partial charge in [-0.1, -0.05) is 12.1 Å². The minimum absolute atomic E-state index is 0.0126. The average Bonchev–Trinajstić information content (AvgIpc) is 3.49. The molecule has 32 heavy (non-hydrogen) atoms. The topological polar surface area (TPSA) is 91.9 Å². The molecule has 2 aromatic rings. The third-order valence-corrected chi connectivity index (χ3v) is 6.25. The van der Waals surface area contributed by atoms with E-state index in [4.69, 9.17) is 9.47 Å². The maximum Gasteiger partial charge on any atom is 0.251 e. The molecule has 9 heteroatoms. The molecule has 0 aromatic heterocycles. The Morgan fingerprint density at radius 1 is 1.00 bits per heavy atom. The highest BCUT2D eigenvalue weighted by atomic mass is 19.1. The van der Waals surface area contributed by atoms with Gasteiger partial charge in [0.15, 0.2) is 11.5 Å². The van der Waals surface area contributed by atoms with E-state index in [0.717, 1.165) is 5.56 Å². The second kappa shape index (κ2) is 8.76. The molecule has 3 N–H and O–H groups in total. The first kappa shape index (κ1) is 20.7. The Bertz CT molecular complexity index is 1010. The predicted molar refractivity (Wildman–Crippen MR) is 113 cm³/mol. The minimum atomic E-state index is -0.329. The van der Waals surface area contributed by atoms with Gasteiger partial charge in [0.25, 0.3) is 5.91 Å². The van der Waals surface area contributed by atoms with Crippen LogP contribution in [0.3, 0.4) is 0 Å². The Morgan fingerprint density at radius 3 is 2.53 bits per heavy atom. The summed E-state index contributed by atoms with van der Waals surface area (Å²) < 4.78 is 23.8. The van der Waals surface area contributed by atoms with Crippen molar-refractivity contribution in [1.82, 2.24) is 21.1 Å². The lowest BCUT2D eigenvalue weighted by Gasteiger charge is -2.33. The Kier molecular flexibility index (Phi) is 5.67. The van der Waals surface area contributed by atoms with Gasteiger partial charge in [0, 0.05) is 30.7 Å². The Labute approximate surface area is 185 Å². The van der Waals surface area contributed by atoms with Crippen molar-refractivity contribution < 1.29 is 23.5 Å². The molecule has 3 aliphatic rings. The number of benzene rings is 2. The van der Waals surface area contributed by atoms with E-state index in [1.54, 1.807) is 30.3 Å². The van der Waals surface area contributed by atoms with Crippen molar-refractivity contribution in [2.75, 3.05) is 19.9 Å². The summed E-state index contributed by atoms with van der Waals surface area (Å²) in [6, 6.07) is 11.1. The smallest absolute Gasteiger partial charge is 0.251 e. The number of hydrogen-bond donors (Lipinski definition) is 3. The molecule has 3 aliphatic heterocycles. The van der Waals surface area contributed by atoms with Gasteiger partial charge in [-0.2, -0.15) is 0 Å². The number of amides is 2. The van der Waals surface area contributed by atoms with Crippen molar-refractivity contribution >= 4 is 11.8 Å². The van der Waals surface area contributed by atoms with Crippen molar-refractivity contribution in [3.63, 3.8) is 0 Å². The number of likely N-dealkylation sites (tertiary alicyclic amines) is 1. The maximum absolute atomic E-state index is 13.1. The van der Waals surface area contributed by atoms with Gasteiger partial charge < -0.3 is 19.7 Å². The second-order valence-corrected chi connectivity index (χ2v) is 8.32. The Hall–Kier alpha value is -3.17. The molecule has 168 valence electrons. The first-order valence-corrected chi connectivity index (χ1v) is 10.8. The number of hydrazine groups is 1. The second-order valence-electron chi connectivity index (χ2n) is 8.32. The molecule has 0 spiro atoms. The lowest BCUT2D eigenvalue weighted by Crippen LogP contribution is -2.51. The van der Waals surface area contributed by atoms with Gasteiger partial charge in [-0.25, -0.2) is 15.2 Å². The summed E-state index contributed by atoms with van der Waals surface area (Å²) in [5.74, 6) is 0.833. The molecule has 2 amide bonds. The van der Waals surface area contributed by atoms with E-state index in [2.05, 4.69) is 16.2 Å². The number of halogens is 1. The summed E-state index contributed by atoms with van der Waals surface area (Å²) in [7, 11) is 0. The van der Waals surface area contributed by atoms with Gasteiger partial charge in [-0.15, -0.1) is 0 Å². The van der Waals surface area contributed by atoms with E-state index in [0.29, 0.717) is 49.4 Å². The fourth-order valence-corrected chi connectivity index (χ4v) is 4.40. The third-order valence-electron chi connectivity index (χ3n) is 6.25. The molecule has 0 radical (unpaired) electrons. The van der Waals surface area contributed by atoms with Gasteiger partial charge in [0.1, 0.15) is 11.9 Å². The van der Waals surface area contributed by atoms with Crippen molar-refractivity contribution in [2.24, 2.45) is 0 Å². The van der Waals surface area contributed by atoms with E-state index in [-0.39, 0.29) is 42.6 Å². The highest BCUT2D eigenvalue weighted by molar-refractivity contribution is 5.95.